The number of para-hydroxylation sites is 1. The summed E-state index contributed by atoms with van der Waals surface area (Å²) in [5.74, 6) is 0.0447. The van der Waals surface area contributed by atoms with Crippen molar-refractivity contribution in [1.82, 2.24) is 4.90 Å². The highest BCUT2D eigenvalue weighted by molar-refractivity contribution is 6.01. The molecule has 0 fully saturated rings. The van der Waals surface area contributed by atoms with Crippen molar-refractivity contribution in [3.8, 4) is 5.75 Å². The van der Waals surface area contributed by atoms with Gasteiger partial charge in [0.1, 0.15) is 11.9 Å². The summed E-state index contributed by atoms with van der Waals surface area (Å²) in [5, 5.41) is 13.8. The number of nitrogens with one attached hydrogen (secondary N) is 1. The summed E-state index contributed by atoms with van der Waals surface area (Å²) in [6.45, 7) is 0. The van der Waals surface area contributed by atoms with Gasteiger partial charge in [0.2, 0.25) is 0 Å². The normalized spacial score (nSPS) is 19.0. The molecule has 2 aromatic rings. The number of carbonyl (C=O) groups excluding carboxylic acids is 2. The second kappa shape index (κ2) is 5.92. The number of carbonyl (C=O) groups is 2. The van der Waals surface area contributed by atoms with E-state index >= 15 is 0 Å². The molecule has 1 aliphatic carbocycles. The molecule has 2 aliphatic rings. The molecule has 5 nitrogen and oxygen atoms in total. The Balaban J connectivity index is 1.87. The van der Waals surface area contributed by atoms with E-state index < -0.39 is 0 Å². The molecule has 2 N–H and O–H groups in total. The number of hydrogen-bond acceptors (Lipinski definition) is 4. The minimum absolute atomic E-state index is 0.0513. The van der Waals surface area contributed by atoms with Crippen LogP contribution in [0.1, 0.15) is 56.4 Å². The van der Waals surface area contributed by atoms with Gasteiger partial charge >= 0.3 is 0 Å². The van der Waals surface area contributed by atoms with Gasteiger partial charge in [-0.25, -0.2) is 0 Å². The molecule has 1 amide bonds. The van der Waals surface area contributed by atoms with E-state index in [1.54, 1.807) is 24.1 Å². The Morgan fingerprint density at radius 2 is 1.92 bits per heavy atom. The van der Waals surface area contributed by atoms with Crippen LogP contribution < -0.4 is 5.32 Å². The van der Waals surface area contributed by atoms with Gasteiger partial charge in [-0.2, -0.15) is 0 Å². The van der Waals surface area contributed by atoms with Crippen LogP contribution in [-0.2, 0) is 12.8 Å². The van der Waals surface area contributed by atoms with E-state index in [0.717, 1.165) is 48.1 Å². The standard InChI is InChI=1S/C20H20N2O3/c1-22-19(21-17-9-5-4-8-15(17)20(22)25)16-10-12(11-23)18(24)14-7-3-2-6-13(14)16/h4-5,8-11,19,21,24H,2-3,6-7H2,1H3. The van der Waals surface area contributed by atoms with E-state index in [9.17, 15) is 14.7 Å². The summed E-state index contributed by atoms with van der Waals surface area (Å²) in [6.07, 6.45) is 3.98. The lowest BCUT2D eigenvalue weighted by molar-refractivity contribution is 0.0735. The van der Waals surface area contributed by atoms with E-state index in [4.69, 9.17) is 0 Å². The molecule has 0 bridgehead atoms. The molecule has 0 saturated heterocycles. The molecule has 25 heavy (non-hydrogen) atoms. The molecule has 0 spiro atoms. The number of amides is 1. The van der Waals surface area contributed by atoms with E-state index in [2.05, 4.69) is 5.32 Å². The SMILES string of the molecule is CN1C(=O)c2ccccc2NC1c1cc(C=O)c(O)c2c1CCCC2. The third-order valence-corrected chi connectivity index (χ3v) is 5.27. The number of phenols is 1. The molecule has 1 atom stereocenters. The van der Waals surface area contributed by atoms with Crippen molar-refractivity contribution in [3.05, 3.63) is 58.1 Å². The Bertz CT molecular complexity index is 875. The zero-order valence-corrected chi connectivity index (χ0v) is 14.1. The van der Waals surface area contributed by atoms with Gasteiger partial charge in [-0.1, -0.05) is 12.1 Å². The lowest BCUT2D eigenvalue weighted by atomic mass is 9.84. The van der Waals surface area contributed by atoms with Crippen molar-refractivity contribution >= 4 is 17.9 Å². The third kappa shape index (κ3) is 2.38. The highest BCUT2D eigenvalue weighted by atomic mass is 16.3. The minimum atomic E-state index is -0.353. The average molecular weight is 336 g/mol. The van der Waals surface area contributed by atoms with Crippen LogP contribution in [-0.4, -0.2) is 29.2 Å². The molecular weight excluding hydrogens is 316 g/mol. The fraction of sp³-hybridized carbons (Fsp3) is 0.300. The van der Waals surface area contributed by atoms with Crippen molar-refractivity contribution in [1.29, 1.82) is 0 Å². The Hall–Kier alpha value is -2.82. The van der Waals surface area contributed by atoms with Gasteiger partial charge in [0.25, 0.3) is 5.91 Å². The van der Waals surface area contributed by atoms with Crippen LogP contribution >= 0.6 is 0 Å². The number of aromatic hydroxyl groups is 1. The van der Waals surface area contributed by atoms with Gasteiger partial charge < -0.3 is 15.3 Å². The lowest BCUT2D eigenvalue weighted by Crippen LogP contribution is -2.40. The van der Waals surface area contributed by atoms with Crippen molar-refractivity contribution < 1.29 is 14.7 Å². The molecule has 2 aromatic carbocycles. The number of rotatable bonds is 2. The second-order valence-electron chi connectivity index (χ2n) is 6.69. The fourth-order valence-electron chi connectivity index (χ4n) is 3.95. The average Bonchev–Trinajstić information content (AvgIpc) is 2.65. The lowest BCUT2D eigenvalue weighted by Gasteiger charge is -2.37. The Morgan fingerprint density at radius 1 is 1.20 bits per heavy atom. The van der Waals surface area contributed by atoms with Crippen LogP contribution in [0.3, 0.4) is 0 Å². The molecule has 1 heterocycles. The quantitative estimate of drug-likeness (QED) is 0.826. The minimum Gasteiger partial charge on any atom is -0.507 e. The van der Waals surface area contributed by atoms with Gasteiger partial charge in [0.15, 0.2) is 6.29 Å². The maximum Gasteiger partial charge on any atom is 0.257 e. The molecule has 0 radical (unpaired) electrons. The van der Waals surface area contributed by atoms with E-state index in [1.165, 1.54) is 0 Å². The molecule has 0 saturated carbocycles. The zero-order valence-electron chi connectivity index (χ0n) is 14.1. The van der Waals surface area contributed by atoms with Gasteiger partial charge in [0, 0.05) is 12.7 Å². The summed E-state index contributed by atoms with van der Waals surface area (Å²) in [5.41, 5.74) is 4.54. The summed E-state index contributed by atoms with van der Waals surface area (Å²) >= 11 is 0. The number of fused-ring (bicyclic) bond motifs is 2. The number of benzene rings is 2. The molecule has 0 aromatic heterocycles. The molecule has 4 rings (SSSR count). The van der Waals surface area contributed by atoms with Gasteiger partial charge in [-0.3, -0.25) is 9.59 Å². The number of nitrogens with zero attached hydrogens (tertiary/aromatic N) is 1. The number of anilines is 1. The van der Waals surface area contributed by atoms with Crippen LogP contribution in [0.5, 0.6) is 5.75 Å². The number of phenolic OH excluding ortho intramolecular Hbond substituents is 1. The first-order chi connectivity index (χ1) is 12.1. The highest BCUT2D eigenvalue weighted by Gasteiger charge is 2.33. The van der Waals surface area contributed by atoms with Gasteiger partial charge in [-0.15, -0.1) is 0 Å². The third-order valence-electron chi connectivity index (χ3n) is 5.27. The van der Waals surface area contributed by atoms with Crippen LogP contribution in [0, 0.1) is 0 Å². The van der Waals surface area contributed by atoms with Crippen LogP contribution in [0.4, 0.5) is 5.69 Å². The summed E-state index contributed by atoms with van der Waals surface area (Å²) in [4.78, 5) is 25.9. The Kier molecular flexibility index (Phi) is 3.71. The molecule has 1 unspecified atom stereocenters. The largest absolute Gasteiger partial charge is 0.507 e. The summed E-state index contributed by atoms with van der Waals surface area (Å²) < 4.78 is 0. The topological polar surface area (TPSA) is 69.6 Å². The van der Waals surface area contributed by atoms with Gasteiger partial charge in [-0.05, 0) is 60.6 Å². The predicted octanol–water partition coefficient (Wildman–Crippen LogP) is 3.28. The summed E-state index contributed by atoms with van der Waals surface area (Å²) in [6, 6.07) is 9.16. The van der Waals surface area contributed by atoms with E-state index in [0.29, 0.717) is 11.8 Å². The molecule has 1 aliphatic heterocycles. The van der Waals surface area contributed by atoms with Crippen molar-refractivity contribution in [2.75, 3.05) is 12.4 Å². The molecule has 5 heteroatoms. The number of hydrogen-bond donors (Lipinski definition) is 2. The fourth-order valence-corrected chi connectivity index (χ4v) is 3.95. The van der Waals surface area contributed by atoms with Crippen LogP contribution in [0.15, 0.2) is 30.3 Å². The first-order valence-corrected chi connectivity index (χ1v) is 8.57. The Morgan fingerprint density at radius 3 is 2.68 bits per heavy atom. The summed E-state index contributed by atoms with van der Waals surface area (Å²) in [7, 11) is 1.76. The maximum absolute atomic E-state index is 12.8. The van der Waals surface area contributed by atoms with E-state index in [1.807, 2.05) is 18.2 Å². The predicted molar refractivity (Wildman–Crippen MR) is 95.0 cm³/mol. The van der Waals surface area contributed by atoms with Crippen molar-refractivity contribution in [2.24, 2.45) is 0 Å². The van der Waals surface area contributed by atoms with Crippen LogP contribution in [0.25, 0.3) is 0 Å². The molecular formula is C20H20N2O3. The van der Waals surface area contributed by atoms with Crippen molar-refractivity contribution in [3.63, 3.8) is 0 Å². The first kappa shape index (κ1) is 15.7. The second-order valence-corrected chi connectivity index (χ2v) is 6.69. The molecule has 128 valence electrons. The number of aldehydes is 1. The smallest absolute Gasteiger partial charge is 0.257 e. The van der Waals surface area contributed by atoms with Crippen molar-refractivity contribution in [2.45, 2.75) is 31.8 Å². The van der Waals surface area contributed by atoms with Gasteiger partial charge in [0.05, 0.1) is 11.1 Å². The highest BCUT2D eigenvalue weighted by Crippen LogP contribution is 2.40. The van der Waals surface area contributed by atoms with Crippen LogP contribution in [0.2, 0.25) is 0 Å². The Labute approximate surface area is 146 Å². The first-order valence-electron chi connectivity index (χ1n) is 8.57. The zero-order chi connectivity index (χ0) is 17.6. The maximum atomic E-state index is 12.8. The van der Waals surface area contributed by atoms with E-state index in [-0.39, 0.29) is 23.4 Å². The monoisotopic (exact) mass is 336 g/mol.